The molecule has 1 atom stereocenters. The van der Waals surface area contributed by atoms with E-state index in [9.17, 15) is 9.59 Å². The average Bonchev–Trinajstić information content (AvgIpc) is 2.35. The highest BCUT2D eigenvalue weighted by Gasteiger charge is 2.23. The van der Waals surface area contributed by atoms with Crippen LogP contribution in [0.2, 0.25) is 0 Å². The van der Waals surface area contributed by atoms with Crippen molar-refractivity contribution in [1.29, 1.82) is 0 Å². The quantitative estimate of drug-likeness (QED) is 0.576. The summed E-state index contributed by atoms with van der Waals surface area (Å²) in [5, 5.41) is 0. The zero-order chi connectivity index (χ0) is 12.8. The molecule has 3 heteroatoms. The van der Waals surface area contributed by atoms with Crippen molar-refractivity contribution in [2.45, 2.75) is 19.9 Å². The van der Waals surface area contributed by atoms with Crippen molar-refractivity contribution in [2.24, 2.45) is 0 Å². The number of amides is 1. The third kappa shape index (κ3) is 3.28. The number of rotatable bonds is 5. The van der Waals surface area contributed by atoms with Crippen LogP contribution in [0.5, 0.6) is 0 Å². The lowest BCUT2D eigenvalue weighted by molar-refractivity contribution is -0.144. The smallest absolute Gasteiger partial charge is 0.290 e. The fraction of sp³-hybridized carbons (Fsp3) is 0.286. The van der Waals surface area contributed by atoms with Gasteiger partial charge in [-0.15, -0.1) is 6.58 Å². The number of nitrogens with zero attached hydrogens (tertiary/aromatic N) is 1. The molecule has 0 saturated carbocycles. The molecule has 0 N–H and O–H groups in total. The van der Waals surface area contributed by atoms with Gasteiger partial charge in [-0.1, -0.05) is 36.4 Å². The van der Waals surface area contributed by atoms with Crippen molar-refractivity contribution in [3.63, 3.8) is 0 Å². The van der Waals surface area contributed by atoms with E-state index in [0.717, 1.165) is 5.56 Å². The summed E-state index contributed by atoms with van der Waals surface area (Å²) in [6, 6.07) is 9.49. The fourth-order valence-electron chi connectivity index (χ4n) is 1.67. The molecule has 0 radical (unpaired) electrons. The minimum absolute atomic E-state index is 0.134. The lowest BCUT2D eigenvalue weighted by Gasteiger charge is -2.27. The first-order chi connectivity index (χ1) is 8.07. The number of hydrogen-bond donors (Lipinski definition) is 0. The predicted molar refractivity (Wildman–Crippen MR) is 67.4 cm³/mol. The van der Waals surface area contributed by atoms with Gasteiger partial charge in [0.1, 0.15) is 0 Å². The topological polar surface area (TPSA) is 37.4 Å². The van der Waals surface area contributed by atoms with E-state index in [1.807, 2.05) is 37.3 Å². The summed E-state index contributed by atoms with van der Waals surface area (Å²) in [7, 11) is 0. The Balaban J connectivity index is 2.95. The molecule has 0 unspecified atom stereocenters. The Kier molecular flexibility index (Phi) is 4.64. The van der Waals surface area contributed by atoms with Gasteiger partial charge in [-0.3, -0.25) is 9.59 Å². The first kappa shape index (κ1) is 13.2. The Bertz CT molecular complexity index is 411. The second-order valence-electron chi connectivity index (χ2n) is 3.89. The first-order valence-electron chi connectivity index (χ1n) is 5.55. The maximum atomic E-state index is 11.8. The van der Waals surface area contributed by atoms with Crippen LogP contribution in [0.25, 0.3) is 0 Å². The molecule has 1 amide bonds. The Labute approximate surface area is 102 Å². The molecule has 90 valence electrons. The van der Waals surface area contributed by atoms with Crippen LogP contribution >= 0.6 is 0 Å². The highest BCUT2D eigenvalue weighted by Crippen LogP contribution is 2.19. The molecule has 1 aromatic rings. The van der Waals surface area contributed by atoms with Gasteiger partial charge in [-0.2, -0.15) is 0 Å². The van der Waals surface area contributed by atoms with E-state index in [1.54, 1.807) is 6.08 Å². The molecule has 0 bridgehead atoms. The van der Waals surface area contributed by atoms with Crippen LogP contribution < -0.4 is 0 Å². The highest BCUT2D eigenvalue weighted by molar-refractivity contribution is 6.35. The monoisotopic (exact) mass is 231 g/mol. The largest absolute Gasteiger partial charge is 0.326 e. The van der Waals surface area contributed by atoms with Gasteiger partial charge in [0, 0.05) is 13.5 Å². The lowest BCUT2D eigenvalue weighted by Crippen LogP contribution is -2.37. The molecule has 1 rings (SSSR count). The predicted octanol–water partition coefficient (Wildman–Crippen LogP) is 2.35. The molecule has 0 aliphatic carbocycles. The Morgan fingerprint density at radius 3 is 2.41 bits per heavy atom. The zero-order valence-corrected chi connectivity index (χ0v) is 10.2. The molecule has 0 heterocycles. The maximum Gasteiger partial charge on any atom is 0.290 e. The van der Waals surface area contributed by atoms with Gasteiger partial charge in [-0.25, -0.2) is 0 Å². The third-order valence-electron chi connectivity index (χ3n) is 2.64. The summed E-state index contributed by atoms with van der Waals surface area (Å²) in [6.45, 7) is 7.17. The van der Waals surface area contributed by atoms with Crippen molar-refractivity contribution < 1.29 is 9.59 Å². The van der Waals surface area contributed by atoms with Crippen LogP contribution in [0.1, 0.15) is 25.5 Å². The number of ketones is 1. The summed E-state index contributed by atoms with van der Waals surface area (Å²) < 4.78 is 0. The molecular weight excluding hydrogens is 214 g/mol. The van der Waals surface area contributed by atoms with E-state index < -0.39 is 11.7 Å². The molecule has 17 heavy (non-hydrogen) atoms. The van der Waals surface area contributed by atoms with Gasteiger partial charge in [0.05, 0.1) is 6.04 Å². The Morgan fingerprint density at radius 2 is 1.94 bits per heavy atom. The van der Waals surface area contributed by atoms with Crippen molar-refractivity contribution in [3.8, 4) is 0 Å². The van der Waals surface area contributed by atoms with E-state index in [0.29, 0.717) is 6.54 Å². The maximum absolute atomic E-state index is 11.8. The van der Waals surface area contributed by atoms with E-state index in [-0.39, 0.29) is 6.04 Å². The number of hydrogen-bond acceptors (Lipinski definition) is 2. The van der Waals surface area contributed by atoms with Gasteiger partial charge in [0.25, 0.3) is 5.91 Å². The first-order valence-corrected chi connectivity index (χ1v) is 5.55. The van der Waals surface area contributed by atoms with Crippen LogP contribution in [0.15, 0.2) is 43.0 Å². The van der Waals surface area contributed by atoms with Crippen LogP contribution in [-0.2, 0) is 9.59 Å². The van der Waals surface area contributed by atoms with E-state index in [2.05, 4.69) is 6.58 Å². The van der Waals surface area contributed by atoms with Gasteiger partial charge in [-0.05, 0) is 12.5 Å². The second-order valence-corrected chi connectivity index (χ2v) is 3.89. The van der Waals surface area contributed by atoms with Crippen molar-refractivity contribution in [3.05, 3.63) is 48.6 Å². The van der Waals surface area contributed by atoms with E-state index in [4.69, 9.17) is 0 Å². The summed E-state index contributed by atoms with van der Waals surface area (Å²) in [5.74, 6) is -0.920. The molecule has 3 nitrogen and oxygen atoms in total. The van der Waals surface area contributed by atoms with Gasteiger partial charge >= 0.3 is 0 Å². The summed E-state index contributed by atoms with van der Waals surface area (Å²) in [4.78, 5) is 24.5. The lowest BCUT2D eigenvalue weighted by atomic mass is 10.1. The van der Waals surface area contributed by atoms with Crippen molar-refractivity contribution in [2.75, 3.05) is 6.54 Å². The zero-order valence-electron chi connectivity index (χ0n) is 10.2. The highest BCUT2D eigenvalue weighted by atomic mass is 16.2. The van der Waals surface area contributed by atoms with Crippen molar-refractivity contribution in [1.82, 2.24) is 4.90 Å². The number of Topliss-reactive ketones (excluding diaryl/α,β-unsaturated/α-hetero) is 1. The molecule has 0 aromatic heterocycles. The minimum atomic E-state index is -0.471. The van der Waals surface area contributed by atoms with Gasteiger partial charge in [0.15, 0.2) is 0 Å². The van der Waals surface area contributed by atoms with Crippen LogP contribution in [0.4, 0.5) is 0 Å². The molecule has 0 aliphatic heterocycles. The standard InChI is InChI=1S/C14H17NO2/c1-4-10-15(14(17)12(3)16)11(2)13-8-6-5-7-9-13/h4-9,11H,1,10H2,2-3H3/t11-/m0/s1. The second kappa shape index (κ2) is 5.99. The van der Waals surface area contributed by atoms with Gasteiger partial charge in [0.2, 0.25) is 5.78 Å². The fourth-order valence-corrected chi connectivity index (χ4v) is 1.67. The normalized spacial score (nSPS) is 11.6. The molecule has 1 aromatic carbocycles. The van der Waals surface area contributed by atoms with Gasteiger partial charge < -0.3 is 4.90 Å². The third-order valence-corrected chi connectivity index (χ3v) is 2.64. The van der Waals surface area contributed by atoms with E-state index >= 15 is 0 Å². The number of carbonyl (C=O) groups is 2. The SMILES string of the molecule is C=CCN(C(=O)C(C)=O)[C@@H](C)c1ccccc1. The number of carbonyl (C=O) groups excluding carboxylic acids is 2. The Hall–Kier alpha value is -1.90. The molecule has 0 saturated heterocycles. The molecule has 0 spiro atoms. The van der Waals surface area contributed by atoms with E-state index in [1.165, 1.54) is 11.8 Å². The van der Waals surface area contributed by atoms with Crippen molar-refractivity contribution >= 4 is 11.7 Å². The minimum Gasteiger partial charge on any atom is -0.326 e. The number of benzene rings is 1. The summed E-state index contributed by atoms with van der Waals surface area (Å²) >= 11 is 0. The average molecular weight is 231 g/mol. The Morgan fingerprint density at radius 1 is 1.35 bits per heavy atom. The molecular formula is C14H17NO2. The molecule has 0 fully saturated rings. The summed E-state index contributed by atoms with van der Waals surface area (Å²) in [6.07, 6.45) is 1.63. The van der Waals surface area contributed by atoms with Crippen LogP contribution in [0, 0.1) is 0 Å². The van der Waals surface area contributed by atoms with Crippen LogP contribution in [-0.4, -0.2) is 23.1 Å². The molecule has 0 aliphatic rings. The van der Waals surface area contributed by atoms with Crippen LogP contribution in [0.3, 0.4) is 0 Å². The summed E-state index contributed by atoms with van der Waals surface area (Å²) in [5.41, 5.74) is 1.00.